The second kappa shape index (κ2) is 8.59. The van der Waals surface area contributed by atoms with Gasteiger partial charge in [-0.3, -0.25) is 10.1 Å². The summed E-state index contributed by atoms with van der Waals surface area (Å²) in [6, 6.07) is 20.5. The number of aromatic nitrogens is 1. The molecular formula is C21H13BrClN3OS2. The highest BCUT2D eigenvalue weighted by molar-refractivity contribution is 9.10. The van der Waals surface area contributed by atoms with Gasteiger partial charge in [0.2, 0.25) is 0 Å². The van der Waals surface area contributed by atoms with Crippen LogP contribution in [0.5, 0.6) is 0 Å². The van der Waals surface area contributed by atoms with Crippen LogP contribution in [0.4, 0.5) is 5.69 Å². The number of thiazole rings is 1. The quantitative estimate of drug-likeness (QED) is 0.314. The van der Waals surface area contributed by atoms with Crippen LogP contribution in [0.15, 0.2) is 71.2 Å². The fraction of sp³-hybridized carbons (Fsp3) is 0. The standard InChI is InChI=1S/C21H13BrClN3OS2/c22-13-5-3-4-12(10-13)19(27)26-21(28)24-14-8-9-15(16(23)11-14)20-25-17-6-1-2-7-18(17)29-20/h1-11H,(H2,24,26,27,28). The van der Waals surface area contributed by atoms with Crippen molar-refractivity contribution in [3.8, 4) is 10.6 Å². The molecule has 3 aromatic carbocycles. The number of halogens is 2. The average Bonchev–Trinajstić information content (AvgIpc) is 3.11. The summed E-state index contributed by atoms with van der Waals surface area (Å²) in [4.78, 5) is 16.9. The maximum Gasteiger partial charge on any atom is 0.257 e. The molecule has 0 bridgehead atoms. The lowest BCUT2D eigenvalue weighted by Crippen LogP contribution is -2.34. The summed E-state index contributed by atoms with van der Waals surface area (Å²) in [5, 5.41) is 7.25. The smallest absolute Gasteiger partial charge is 0.257 e. The number of nitrogens with zero attached hydrogens (tertiary/aromatic N) is 1. The van der Waals surface area contributed by atoms with Gasteiger partial charge in [-0.25, -0.2) is 4.98 Å². The van der Waals surface area contributed by atoms with E-state index >= 15 is 0 Å². The average molecular weight is 503 g/mol. The summed E-state index contributed by atoms with van der Waals surface area (Å²) in [6.07, 6.45) is 0. The van der Waals surface area contributed by atoms with Crippen LogP contribution in [-0.4, -0.2) is 16.0 Å². The third kappa shape index (κ3) is 4.64. The number of nitrogens with one attached hydrogen (secondary N) is 2. The molecule has 1 heterocycles. The number of hydrogen-bond donors (Lipinski definition) is 2. The highest BCUT2D eigenvalue weighted by Gasteiger charge is 2.12. The third-order valence-corrected chi connectivity index (χ3v) is 6.14. The normalized spacial score (nSPS) is 10.7. The molecule has 0 saturated carbocycles. The molecule has 0 aliphatic rings. The Morgan fingerprint density at radius 2 is 1.90 bits per heavy atom. The van der Waals surface area contributed by atoms with E-state index < -0.39 is 0 Å². The second-order valence-electron chi connectivity index (χ2n) is 6.10. The molecule has 0 unspecified atom stereocenters. The van der Waals surface area contributed by atoms with Crippen LogP contribution < -0.4 is 10.6 Å². The molecule has 4 nitrogen and oxygen atoms in total. The van der Waals surface area contributed by atoms with Gasteiger partial charge in [-0.05, 0) is 60.7 Å². The van der Waals surface area contributed by atoms with Crippen molar-refractivity contribution in [3.63, 3.8) is 0 Å². The maximum atomic E-state index is 12.3. The Kier molecular flexibility index (Phi) is 5.91. The van der Waals surface area contributed by atoms with Crippen LogP contribution in [-0.2, 0) is 0 Å². The van der Waals surface area contributed by atoms with Crippen molar-refractivity contribution >= 4 is 78.0 Å². The molecule has 4 aromatic rings. The fourth-order valence-electron chi connectivity index (χ4n) is 2.72. The van der Waals surface area contributed by atoms with Crippen molar-refractivity contribution in [3.05, 3.63) is 81.8 Å². The van der Waals surface area contributed by atoms with E-state index in [1.165, 1.54) is 0 Å². The van der Waals surface area contributed by atoms with Crippen LogP contribution in [0.3, 0.4) is 0 Å². The molecule has 0 spiro atoms. The number of amides is 1. The number of para-hydroxylation sites is 1. The molecule has 1 amide bonds. The largest absolute Gasteiger partial charge is 0.332 e. The van der Waals surface area contributed by atoms with Gasteiger partial charge in [-0.2, -0.15) is 0 Å². The van der Waals surface area contributed by atoms with Crippen molar-refractivity contribution in [1.29, 1.82) is 0 Å². The molecule has 0 aliphatic heterocycles. The van der Waals surface area contributed by atoms with Crippen LogP contribution in [0.1, 0.15) is 10.4 Å². The molecule has 8 heteroatoms. The van der Waals surface area contributed by atoms with E-state index in [2.05, 4.69) is 31.5 Å². The molecule has 144 valence electrons. The molecule has 2 N–H and O–H groups in total. The molecule has 0 fully saturated rings. The number of fused-ring (bicyclic) bond motifs is 1. The van der Waals surface area contributed by atoms with Crippen molar-refractivity contribution in [2.24, 2.45) is 0 Å². The van der Waals surface area contributed by atoms with Crippen molar-refractivity contribution < 1.29 is 4.79 Å². The Balaban J connectivity index is 1.47. The summed E-state index contributed by atoms with van der Waals surface area (Å²) >= 11 is 16.7. The zero-order valence-electron chi connectivity index (χ0n) is 14.8. The molecule has 0 radical (unpaired) electrons. The fourth-order valence-corrected chi connectivity index (χ4v) is 4.66. The van der Waals surface area contributed by atoms with Gasteiger partial charge in [0.1, 0.15) is 5.01 Å². The highest BCUT2D eigenvalue weighted by atomic mass is 79.9. The Morgan fingerprint density at radius 3 is 2.66 bits per heavy atom. The first-order chi connectivity index (χ1) is 14.0. The molecule has 29 heavy (non-hydrogen) atoms. The summed E-state index contributed by atoms with van der Waals surface area (Å²) in [5.74, 6) is -0.291. The van der Waals surface area contributed by atoms with Crippen LogP contribution in [0, 0.1) is 0 Å². The van der Waals surface area contributed by atoms with E-state index in [0.29, 0.717) is 16.3 Å². The summed E-state index contributed by atoms with van der Waals surface area (Å²) < 4.78 is 1.93. The number of anilines is 1. The van der Waals surface area contributed by atoms with Crippen molar-refractivity contribution in [2.45, 2.75) is 0 Å². The molecule has 0 aliphatic carbocycles. The summed E-state index contributed by atoms with van der Waals surface area (Å²) in [7, 11) is 0. The zero-order valence-corrected chi connectivity index (χ0v) is 18.8. The van der Waals surface area contributed by atoms with Gasteiger partial charge < -0.3 is 5.32 Å². The predicted molar refractivity (Wildman–Crippen MR) is 128 cm³/mol. The maximum absolute atomic E-state index is 12.3. The Bertz CT molecular complexity index is 1210. The van der Waals surface area contributed by atoms with E-state index in [1.54, 1.807) is 35.6 Å². The number of thiocarbonyl (C=S) groups is 1. The number of benzene rings is 3. The van der Waals surface area contributed by atoms with E-state index in [1.807, 2.05) is 42.5 Å². The minimum atomic E-state index is -0.291. The minimum absolute atomic E-state index is 0.193. The van der Waals surface area contributed by atoms with E-state index in [-0.39, 0.29) is 11.0 Å². The Labute approximate surface area is 190 Å². The minimum Gasteiger partial charge on any atom is -0.332 e. The topological polar surface area (TPSA) is 54.0 Å². The van der Waals surface area contributed by atoms with E-state index in [0.717, 1.165) is 25.3 Å². The van der Waals surface area contributed by atoms with Crippen LogP contribution in [0.2, 0.25) is 5.02 Å². The van der Waals surface area contributed by atoms with Gasteiger partial charge in [0.15, 0.2) is 5.11 Å². The van der Waals surface area contributed by atoms with Gasteiger partial charge in [0, 0.05) is 21.3 Å². The van der Waals surface area contributed by atoms with Crippen LogP contribution in [0.25, 0.3) is 20.8 Å². The van der Waals surface area contributed by atoms with Gasteiger partial charge in [0.25, 0.3) is 5.91 Å². The Morgan fingerprint density at radius 1 is 1.07 bits per heavy atom. The summed E-state index contributed by atoms with van der Waals surface area (Å²) in [5.41, 5.74) is 2.98. The first-order valence-corrected chi connectivity index (χ1v) is 10.9. The molecular weight excluding hydrogens is 490 g/mol. The lowest BCUT2D eigenvalue weighted by molar-refractivity contribution is 0.0977. The third-order valence-electron chi connectivity index (χ3n) is 4.07. The van der Waals surface area contributed by atoms with E-state index in [4.69, 9.17) is 23.8 Å². The number of carbonyl (C=O) groups is 1. The lowest BCUT2D eigenvalue weighted by Gasteiger charge is -2.11. The van der Waals surface area contributed by atoms with E-state index in [9.17, 15) is 4.79 Å². The molecule has 4 rings (SSSR count). The van der Waals surface area contributed by atoms with Gasteiger partial charge >= 0.3 is 0 Å². The summed E-state index contributed by atoms with van der Waals surface area (Å²) in [6.45, 7) is 0. The van der Waals surface area contributed by atoms with Crippen molar-refractivity contribution in [2.75, 3.05) is 5.32 Å². The monoisotopic (exact) mass is 501 g/mol. The number of hydrogen-bond acceptors (Lipinski definition) is 4. The lowest BCUT2D eigenvalue weighted by atomic mass is 10.2. The number of rotatable bonds is 3. The Hall–Kier alpha value is -2.32. The van der Waals surface area contributed by atoms with Gasteiger partial charge in [0.05, 0.1) is 15.2 Å². The van der Waals surface area contributed by atoms with Crippen molar-refractivity contribution in [1.82, 2.24) is 10.3 Å². The van der Waals surface area contributed by atoms with Gasteiger partial charge in [-0.15, -0.1) is 11.3 Å². The SMILES string of the molecule is O=C(NC(=S)Nc1ccc(-c2nc3ccccc3s2)c(Cl)c1)c1cccc(Br)c1. The first kappa shape index (κ1) is 20.0. The van der Waals surface area contributed by atoms with Gasteiger partial charge in [-0.1, -0.05) is 45.7 Å². The zero-order chi connectivity index (χ0) is 20.4. The molecule has 1 aromatic heterocycles. The number of carbonyl (C=O) groups excluding carboxylic acids is 1. The predicted octanol–water partition coefficient (Wildman–Crippen LogP) is 6.51. The molecule has 0 atom stereocenters. The highest BCUT2D eigenvalue weighted by Crippen LogP contribution is 2.35. The van der Waals surface area contributed by atoms with Crippen LogP contribution >= 0.6 is 51.1 Å². The first-order valence-electron chi connectivity index (χ1n) is 8.53. The second-order valence-corrected chi connectivity index (χ2v) is 8.86. The molecule has 0 saturated heterocycles.